The number of aryl methyl sites for hydroxylation is 2. The largest absolute Gasteiger partial charge is 0.493 e. The molecular weight excluding hydrogens is 370 g/mol. The van der Waals surface area contributed by atoms with E-state index in [1.54, 1.807) is 38.3 Å². The summed E-state index contributed by atoms with van der Waals surface area (Å²) in [6.45, 7) is 2.62. The second-order valence-corrected chi connectivity index (χ2v) is 6.76. The molecule has 0 unspecified atom stereocenters. The van der Waals surface area contributed by atoms with Gasteiger partial charge in [0, 0.05) is 32.0 Å². The van der Waals surface area contributed by atoms with Crippen molar-refractivity contribution >= 4 is 5.91 Å². The van der Waals surface area contributed by atoms with Crippen molar-refractivity contribution in [2.45, 2.75) is 26.3 Å². The summed E-state index contributed by atoms with van der Waals surface area (Å²) in [6.07, 6.45) is 0.688. The van der Waals surface area contributed by atoms with Crippen molar-refractivity contribution in [2.75, 3.05) is 21.3 Å². The molecule has 0 aliphatic heterocycles. The molecular formula is C22H25N3O4. The van der Waals surface area contributed by atoms with Crippen molar-refractivity contribution < 1.29 is 18.8 Å². The Morgan fingerprint density at radius 3 is 2.59 bits per heavy atom. The van der Waals surface area contributed by atoms with Crippen LogP contribution in [0.5, 0.6) is 11.5 Å². The maximum atomic E-state index is 12.5. The Kier molecular flexibility index (Phi) is 6.49. The first-order chi connectivity index (χ1) is 14.0. The number of benzene rings is 2. The van der Waals surface area contributed by atoms with Crippen LogP contribution in [0.3, 0.4) is 0 Å². The maximum absolute atomic E-state index is 12.5. The molecule has 7 nitrogen and oxygen atoms in total. The first-order valence-electron chi connectivity index (χ1n) is 9.35. The van der Waals surface area contributed by atoms with Gasteiger partial charge in [-0.15, -0.1) is 0 Å². The molecule has 1 amide bonds. The van der Waals surface area contributed by atoms with E-state index in [9.17, 15) is 4.79 Å². The van der Waals surface area contributed by atoms with E-state index in [-0.39, 0.29) is 5.91 Å². The summed E-state index contributed by atoms with van der Waals surface area (Å²) in [5.41, 5.74) is 3.06. The number of rotatable bonds is 8. The van der Waals surface area contributed by atoms with E-state index in [0.29, 0.717) is 42.6 Å². The Morgan fingerprint density at radius 2 is 1.86 bits per heavy atom. The summed E-state index contributed by atoms with van der Waals surface area (Å²) >= 11 is 0. The van der Waals surface area contributed by atoms with E-state index in [2.05, 4.69) is 10.1 Å². The highest BCUT2D eigenvalue weighted by molar-refractivity contribution is 5.76. The fourth-order valence-corrected chi connectivity index (χ4v) is 2.98. The van der Waals surface area contributed by atoms with Crippen LogP contribution in [0.2, 0.25) is 0 Å². The highest BCUT2D eigenvalue weighted by Crippen LogP contribution is 2.31. The number of nitrogens with zero attached hydrogens (tertiary/aromatic N) is 3. The first-order valence-corrected chi connectivity index (χ1v) is 9.35. The second kappa shape index (κ2) is 9.23. The van der Waals surface area contributed by atoms with Crippen molar-refractivity contribution in [3.8, 4) is 22.9 Å². The number of carbonyl (C=O) groups is 1. The molecule has 0 atom stereocenters. The average molecular weight is 395 g/mol. The molecule has 7 heteroatoms. The van der Waals surface area contributed by atoms with Gasteiger partial charge in [-0.25, -0.2) is 0 Å². The minimum Gasteiger partial charge on any atom is -0.493 e. The molecule has 0 radical (unpaired) electrons. The van der Waals surface area contributed by atoms with Crippen LogP contribution in [0, 0.1) is 6.92 Å². The topological polar surface area (TPSA) is 77.7 Å². The Balaban J connectivity index is 1.60. The third-order valence-corrected chi connectivity index (χ3v) is 4.76. The first kappa shape index (κ1) is 20.4. The molecule has 0 spiro atoms. The molecule has 0 aliphatic carbocycles. The van der Waals surface area contributed by atoms with Gasteiger partial charge in [0.05, 0.1) is 14.2 Å². The zero-order valence-electron chi connectivity index (χ0n) is 17.1. The van der Waals surface area contributed by atoms with Crippen LogP contribution in [0.25, 0.3) is 11.4 Å². The molecule has 0 fully saturated rings. The smallest absolute Gasteiger partial charge is 0.227 e. The van der Waals surface area contributed by atoms with Crippen molar-refractivity contribution in [3.05, 3.63) is 59.5 Å². The van der Waals surface area contributed by atoms with Gasteiger partial charge in [-0.1, -0.05) is 29.4 Å². The summed E-state index contributed by atoms with van der Waals surface area (Å²) in [5.74, 6) is 2.11. The number of ether oxygens (including phenoxy) is 2. The lowest BCUT2D eigenvalue weighted by Crippen LogP contribution is -2.26. The SMILES string of the molecule is COc1ccc(-c2noc(CCC(=O)N(C)Cc3ccccc3C)n2)cc1OC. The van der Waals surface area contributed by atoms with Gasteiger partial charge < -0.3 is 18.9 Å². The molecule has 0 saturated heterocycles. The lowest BCUT2D eigenvalue weighted by atomic mass is 10.1. The van der Waals surface area contributed by atoms with Gasteiger partial charge >= 0.3 is 0 Å². The van der Waals surface area contributed by atoms with Crippen LogP contribution in [0.4, 0.5) is 0 Å². The molecule has 3 rings (SSSR count). The lowest BCUT2D eigenvalue weighted by molar-refractivity contribution is -0.130. The highest BCUT2D eigenvalue weighted by Gasteiger charge is 2.15. The molecule has 152 valence electrons. The molecule has 29 heavy (non-hydrogen) atoms. The highest BCUT2D eigenvalue weighted by atomic mass is 16.5. The number of aromatic nitrogens is 2. The molecule has 3 aromatic rings. The second-order valence-electron chi connectivity index (χ2n) is 6.76. The predicted octanol–water partition coefficient (Wildman–Crippen LogP) is 3.65. The Bertz CT molecular complexity index is 984. The third kappa shape index (κ3) is 4.93. The minimum atomic E-state index is 0.0270. The van der Waals surface area contributed by atoms with Crippen LogP contribution in [0.1, 0.15) is 23.4 Å². The summed E-state index contributed by atoms with van der Waals surface area (Å²) < 4.78 is 15.9. The van der Waals surface area contributed by atoms with Crippen molar-refractivity contribution in [3.63, 3.8) is 0 Å². The summed E-state index contributed by atoms with van der Waals surface area (Å²) in [5, 5.41) is 4.01. The van der Waals surface area contributed by atoms with Crippen LogP contribution in [-0.4, -0.2) is 42.2 Å². The van der Waals surface area contributed by atoms with Gasteiger partial charge in [0.2, 0.25) is 17.6 Å². The van der Waals surface area contributed by atoms with E-state index in [1.165, 1.54) is 5.56 Å². The van der Waals surface area contributed by atoms with Crippen LogP contribution in [0.15, 0.2) is 47.0 Å². The minimum absolute atomic E-state index is 0.0270. The monoisotopic (exact) mass is 395 g/mol. The van der Waals surface area contributed by atoms with Gasteiger partial charge in [0.1, 0.15) is 0 Å². The van der Waals surface area contributed by atoms with E-state index >= 15 is 0 Å². The molecule has 0 bridgehead atoms. The fraction of sp³-hybridized carbons (Fsp3) is 0.318. The van der Waals surface area contributed by atoms with E-state index < -0.39 is 0 Å². The van der Waals surface area contributed by atoms with E-state index in [4.69, 9.17) is 14.0 Å². The van der Waals surface area contributed by atoms with Gasteiger partial charge in [-0.2, -0.15) is 4.98 Å². The van der Waals surface area contributed by atoms with Crippen LogP contribution < -0.4 is 9.47 Å². The van der Waals surface area contributed by atoms with Crippen molar-refractivity contribution in [1.82, 2.24) is 15.0 Å². The number of carbonyl (C=O) groups excluding carboxylic acids is 1. The molecule has 2 aromatic carbocycles. The zero-order chi connectivity index (χ0) is 20.8. The standard InChI is InChI=1S/C22H25N3O4/c1-15-7-5-6-8-17(15)14-25(2)21(26)12-11-20-23-22(24-29-20)16-9-10-18(27-3)19(13-16)28-4/h5-10,13H,11-12,14H2,1-4H3. The lowest BCUT2D eigenvalue weighted by Gasteiger charge is -2.18. The van der Waals surface area contributed by atoms with Crippen LogP contribution >= 0.6 is 0 Å². The number of hydrogen-bond acceptors (Lipinski definition) is 6. The zero-order valence-corrected chi connectivity index (χ0v) is 17.1. The van der Waals surface area contributed by atoms with E-state index in [1.807, 2.05) is 37.3 Å². The van der Waals surface area contributed by atoms with Gasteiger partial charge in [0.25, 0.3) is 0 Å². The Morgan fingerprint density at radius 1 is 1.10 bits per heavy atom. The average Bonchev–Trinajstić information content (AvgIpc) is 3.22. The molecule has 0 aliphatic rings. The number of methoxy groups -OCH3 is 2. The van der Waals surface area contributed by atoms with Crippen molar-refractivity contribution in [1.29, 1.82) is 0 Å². The molecule has 1 heterocycles. The fourth-order valence-electron chi connectivity index (χ4n) is 2.98. The van der Waals surface area contributed by atoms with Crippen LogP contribution in [-0.2, 0) is 17.8 Å². The van der Waals surface area contributed by atoms with Crippen molar-refractivity contribution in [2.24, 2.45) is 0 Å². The molecule has 1 aromatic heterocycles. The van der Waals surface area contributed by atoms with E-state index in [0.717, 1.165) is 11.1 Å². The maximum Gasteiger partial charge on any atom is 0.227 e. The number of hydrogen-bond donors (Lipinski definition) is 0. The summed E-state index contributed by atoms with van der Waals surface area (Å²) in [4.78, 5) is 18.6. The molecule has 0 saturated carbocycles. The van der Waals surface area contributed by atoms with Gasteiger partial charge in [-0.3, -0.25) is 4.79 Å². The Labute approximate surface area is 170 Å². The molecule has 0 N–H and O–H groups in total. The third-order valence-electron chi connectivity index (χ3n) is 4.76. The van der Waals surface area contributed by atoms with Gasteiger partial charge in [0.15, 0.2) is 11.5 Å². The normalized spacial score (nSPS) is 10.6. The van der Waals surface area contributed by atoms with Gasteiger partial charge in [-0.05, 0) is 36.2 Å². The predicted molar refractivity (Wildman–Crippen MR) is 109 cm³/mol. The quantitative estimate of drug-likeness (QED) is 0.579. The summed E-state index contributed by atoms with van der Waals surface area (Å²) in [6, 6.07) is 13.5. The Hall–Kier alpha value is -3.35. The number of amides is 1. The summed E-state index contributed by atoms with van der Waals surface area (Å²) in [7, 11) is 4.96.